The van der Waals surface area contributed by atoms with Gasteiger partial charge in [-0.25, -0.2) is 14.8 Å². The standard InChI is InChI=1S/C10H14N4O3/c1-11-3-2-4-14-9(15)7-8(10(16)17)13-6-5-12-7/h5-6,11H,2-4H2,1H3,(H,14,15)(H,16,17). The Bertz CT molecular complexity index is 408. The summed E-state index contributed by atoms with van der Waals surface area (Å²) in [5, 5.41) is 14.4. The summed E-state index contributed by atoms with van der Waals surface area (Å²) in [5.74, 6) is -1.79. The van der Waals surface area contributed by atoms with Crippen LogP contribution >= 0.6 is 0 Å². The average Bonchev–Trinajstić information content (AvgIpc) is 2.34. The minimum atomic E-state index is -1.27. The SMILES string of the molecule is CNCCCNC(=O)c1nccnc1C(=O)O. The van der Waals surface area contributed by atoms with E-state index in [0.717, 1.165) is 13.0 Å². The summed E-state index contributed by atoms with van der Waals surface area (Å²) >= 11 is 0. The number of nitrogens with zero attached hydrogens (tertiary/aromatic N) is 2. The molecule has 0 atom stereocenters. The molecule has 0 fully saturated rings. The fraction of sp³-hybridized carbons (Fsp3) is 0.400. The number of amides is 1. The third kappa shape index (κ3) is 3.80. The van der Waals surface area contributed by atoms with Gasteiger partial charge in [-0.05, 0) is 20.0 Å². The minimum absolute atomic E-state index is 0.163. The second kappa shape index (κ2) is 6.54. The second-order valence-corrected chi connectivity index (χ2v) is 3.27. The average molecular weight is 238 g/mol. The van der Waals surface area contributed by atoms with Crippen LogP contribution in [-0.4, -0.2) is 47.1 Å². The molecule has 92 valence electrons. The third-order valence-electron chi connectivity index (χ3n) is 2.01. The van der Waals surface area contributed by atoms with Crippen LogP contribution in [0.25, 0.3) is 0 Å². The Hall–Kier alpha value is -2.02. The molecule has 1 aromatic heterocycles. The maximum absolute atomic E-state index is 11.6. The van der Waals surface area contributed by atoms with E-state index >= 15 is 0 Å². The van der Waals surface area contributed by atoms with Crippen molar-refractivity contribution in [1.29, 1.82) is 0 Å². The molecule has 0 radical (unpaired) electrons. The van der Waals surface area contributed by atoms with E-state index in [4.69, 9.17) is 5.11 Å². The van der Waals surface area contributed by atoms with Gasteiger partial charge in [0.05, 0.1) is 0 Å². The molecular weight excluding hydrogens is 224 g/mol. The molecule has 0 spiro atoms. The Balaban J connectivity index is 2.65. The number of carbonyl (C=O) groups is 2. The van der Waals surface area contributed by atoms with Crippen LogP contribution in [0.4, 0.5) is 0 Å². The first-order valence-corrected chi connectivity index (χ1v) is 5.14. The highest BCUT2D eigenvalue weighted by molar-refractivity contribution is 6.01. The van der Waals surface area contributed by atoms with Crippen molar-refractivity contribution >= 4 is 11.9 Å². The number of aromatic nitrogens is 2. The monoisotopic (exact) mass is 238 g/mol. The summed E-state index contributed by atoms with van der Waals surface area (Å²) in [7, 11) is 1.81. The lowest BCUT2D eigenvalue weighted by Crippen LogP contribution is -2.29. The fourth-order valence-corrected chi connectivity index (χ4v) is 1.21. The highest BCUT2D eigenvalue weighted by Crippen LogP contribution is 2.01. The molecule has 0 unspecified atom stereocenters. The van der Waals surface area contributed by atoms with Crippen molar-refractivity contribution in [3.63, 3.8) is 0 Å². The number of carboxylic acids is 1. The van der Waals surface area contributed by atoms with Crippen LogP contribution in [-0.2, 0) is 0 Å². The van der Waals surface area contributed by atoms with Gasteiger partial charge in [0, 0.05) is 18.9 Å². The first-order valence-electron chi connectivity index (χ1n) is 5.14. The van der Waals surface area contributed by atoms with Crippen molar-refractivity contribution in [2.45, 2.75) is 6.42 Å². The van der Waals surface area contributed by atoms with E-state index in [2.05, 4.69) is 20.6 Å². The molecule has 3 N–H and O–H groups in total. The molecular formula is C10H14N4O3. The number of hydrogen-bond donors (Lipinski definition) is 3. The summed E-state index contributed by atoms with van der Waals surface area (Å²) in [6.07, 6.45) is 3.28. The van der Waals surface area contributed by atoms with Gasteiger partial charge in [0.2, 0.25) is 0 Å². The molecule has 0 saturated carbocycles. The minimum Gasteiger partial charge on any atom is -0.476 e. The predicted octanol–water partition coefficient (Wildman–Crippen LogP) is -0.486. The topological polar surface area (TPSA) is 104 Å². The summed E-state index contributed by atoms with van der Waals surface area (Å²) in [6.45, 7) is 1.22. The van der Waals surface area contributed by atoms with Gasteiger partial charge in [-0.3, -0.25) is 4.79 Å². The quantitative estimate of drug-likeness (QED) is 0.578. The van der Waals surface area contributed by atoms with E-state index in [1.165, 1.54) is 12.4 Å². The van der Waals surface area contributed by atoms with E-state index in [0.29, 0.717) is 6.54 Å². The van der Waals surface area contributed by atoms with Crippen molar-refractivity contribution in [2.24, 2.45) is 0 Å². The summed E-state index contributed by atoms with van der Waals surface area (Å²) in [6, 6.07) is 0. The summed E-state index contributed by atoms with van der Waals surface area (Å²) < 4.78 is 0. The largest absolute Gasteiger partial charge is 0.476 e. The smallest absolute Gasteiger partial charge is 0.356 e. The van der Waals surface area contributed by atoms with Crippen LogP contribution in [0.15, 0.2) is 12.4 Å². The molecule has 17 heavy (non-hydrogen) atoms. The number of aromatic carboxylic acids is 1. The van der Waals surface area contributed by atoms with Crippen molar-refractivity contribution in [2.75, 3.05) is 20.1 Å². The van der Waals surface area contributed by atoms with E-state index in [1.807, 2.05) is 7.05 Å². The number of rotatable bonds is 6. The number of carboxylic acid groups (broad SMARTS) is 1. The molecule has 7 nitrogen and oxygen atoms in total. The molecule has 0 aliphatic heterocycles. The Morgan fingerprint density at radius 2 is 1.88 bits per heavy atom. The molecule has 1 heterocycles. The molecule has 0 saturated heterocycles. The number of hydrogen-bond acceptors (Lipinski definition) is 5. The second-order valence-electron chi connectivity index (χ2n) is 3.27. The molecule has 0 aromatic carbocycles. The molecule has 1 aromatic rings. The van der Waals surface area contributed by atoms with Crippen LogP contribution in [0.3, 0.4) is 0 Å². The predicted molar refractivity (Wildman–Crippen MR) is 59.9 cm³/mol. The van der Waals surface area contributed by atoms with Crippen LogP contribution < -0.4 is 10.6 Å². The maximum Gasteiger partial charge on any atom is 0.356 e. The highest BCUT2D eigenvalue weighted by atomic mass is 16.4. The highest BCUT2D eigenvalue weighted by Gasteiger charge is 2.18. The fourth-order valence-electron chi connectivity index (χ4n) is 1.21. The van der Waals surface area contributed by atoms with Crippen molar-refractivity contribution in [3.8, 4) is 0 Å². The van der Waals surface area contributed by atoms with Crippen LogP contribution in [0, 0.1) is 0 Å². The van der Waals surface area contributed by atoms with Gasteiger partial charge in [-0.1, -0.05) is 0 Å². The molecule has 1 amide bonds. The third-order valence-corrected chi connectivity index (χ3v) is 2.01. The van der Waals surface area contributed by atoms with Gasteiger partial charge in [0.1, 0.15) is 0 Å². The van der Waals surface area contributed by atoms with Crippen LogP contribution in [0.1, 0.15) is 27.4 Å². The van der Waals surface area contributed by atoms with E-state index in [9.17, 15) is 9.59 Å². The van der Waals surface area contributed by atoms with Gasteiger partial charge in [0.25, 0.3) is 5.91 Å². The summed E-state index contributed by atoms with van der Waals surface area (Å²) in [5.41, 5.74) is -0.497. The van der Waals surface area contributed by atoms with E-state index in [1.54, 1.807) is 0 Å². The van der Waals surface area contributed by atoms with Gasteiger partial charge >= 0.3 is 5.97 Å². The lowest BCUT2D eigenvalue weighted by molar-refractivity contribution is 0.0683. The van der Waals surface area contributed by atoms with Gasteiger partial charge in [-0.15, -0.1) is 0 Å². The molecule has 0 aliphatic carbocycles. The van der Waals surface area contributed by atoms with Crippen molar-refractivity contribution in [3.05, 3.63) is 23.8 Å². The van der Waals surface area contributed by atoms with Crippen molar-refractivity contribution in [1.82, 2.24) is 20.6 Å². The Morgan fingerprint density at radius 3 is 2.47 bits per heavy atom. The Kier molecular flexibility index (Phi) is 5.02. The lowest BCUT2D eigenvalue weighted by Gasteiger charge is -2.05. The molecule has 1 rings (SSSR count). The zero-order valence-corrected chi connectivity index (χ0v) is 9.43. The Morgan fingerprint density at radius 1 is 1.24 bits per heavy atom. The van der Waals surface area contributed by atoms with E-state index in [-0.39, 0.29) is 11.4 Å². The first kappa shape index (κ1) is 13.0. The zero-order valence-electron chi connectivity index (χ0n) is 9.43. The lowest BCUT2D eigenvalue weighted by atomic mass is 10.3. The van der Waals surface area contributed by atoms with Gasteiger partial charge in [-0.2, -0.15) is 0 Å². The summed E-state index contributed by atoms with van der Waals surface area (Å²) in [4.78, 5) is 29.8. The molecule has 0 bridgehead atoms. The molecule has 0 aliphatic rings. The van der Waals surface area contributed by atoms with Crippen molar-refractivity contribution < 1.29 is 14.7 Å². The van der Waals surface area contributed by atoms with Crippen LogP contribution in [0.5, 0.6) is 0 Å². The van der Waals surface area contributed by atoms with Crippen LogP contribution in [0.2, 0.25) is 0 Å². The Labute approximate surface area is 98.3 Å². The number of nitrogens with one attached hydrogen (secondary N) is 2. The normalized spacial score (nSPS) is 9.94. The first-order chi connectivity index (χ1) is 8.16. The zero-order chi connectivity index (χ0) is 12.7. The van der Waals surface area contributed by atoms with Gasteiger partial charge in [0.15, 0.2) is 11.4 Å². The van der Waals surface area contributed by atoms with E-state index < -0.39 is 11.9 Å². The van der Waals surface area contributed by atoms with Gasteiger partial charge < -0.3 is 15.7 Å². The molecule has 7 heteroatoms. The maximum atomic E-state index is 11.6. The number of carbonyl (C=O) groups excluding carboxylic acids is 1.